The van der Waals surface area contributed by atoms with Crippen molar-refractivity contribution in [2.45, 2.75) is 27.3 Å². The summed E-state index contributed by atoms with van der Waals surface area (Å²) in [6.45, 7) is 7.66. The Labute approximate surface area is 196 Å². The fraction of sp³-hybridized carbons (Fsp3) is 0.346. The molecule has 7 nitrogen and oxygen atoms in total. The minimum absolute atomic E-state index is 0.175. The predicted octanol–water partition coefficient (Wildman–Crippen LogP) is 4.41. The molecule has 0 bridgehead atoms. The molecule has 0 saturated carbocycles. The normalized spacial score (nSPS) is 10.9. The summed E-state index contributed by atoms with van der Waals surface area (Å²) >= 11 is 0. The molecule has 0 fully saturated rings. The Morgan fingerprint density at radius 3 is 2.36 bits per heavy atom. The lowest BCUT2D eigenvalue weighted by molar-refractivity contribution is 0.0780. The molecule has 0 aliphatic heterocycles. The van der Waals surface area contributed by atoms with Crippen molar-refractivity contribution in [3.8, 4) is 17.6 Å². The van der Waals surface area contributed by atoms with Crippen LogP contribution in [0, 0.1) is 20.8 Å². The first-order valence-electron chi connectivity index (χ1n) is 10.9. The van der Waals surface area contributed by atoms with E-state index in [1.54, 1.807) is 11.9 Å². The summed E-state index contributed by atoms with van der Waals surface area (Å²) in [5, 5.41) is 0. The van der Waals surface area contributed by atoms with Crippen LogP contribution in [0.2, 0.25) is 0 Å². The number of aryl methyl sites for hydroxylation is 3. The van der Waals surface area contributed by atoms with E-state index in [1.165, 1.54) is 6.20 Å². The van der Waals surface area contributed by atoms with Crippen LogP contribution in [0.3, 0.4) is 0 Å². The maximum absolute atomic E-state index is 13.3. The lowest BCUT2D eigenvalue weighted by atomic mass is 10.1. The molecule has 33 heavy (non-hydrogen) atoms. The first-order valence-corrected chi connectivity index (χ1v) is 10.9. The topological polar surface area (TPSA) is 67.8 Å². The van der Waals surface area contributed by atoms with Gasteiger partial charge in [0.25, 0.3) is 5.91 Å². The number of hydrogen-bond acceptors (Lipinski definition) is 6. The van der Waals surface area contributed by atoms with Gasteiger partial charge in [0.2, 0.25) is 5.88 Å². The number of aromatic nitrogens is 2. The largest absolute Gasteiger partial charge is 0.462 e. The maximum atomic E-state index is 13.3. The first-order chi connectivity index (χ1) is 15.7. The van der Waals surface area contributed by atoms with Crippen LogP contribution in [0.4, 0.5) is 0 Å². The molecule has 7 heteroatoms. The third kappa shape index (κ3) is 6.76. The molecule has 0 spiro atoms. The zero-order chi connectivity index (χ0) is 24.0. The summed E-state index contributed by atoms with van der Waals surface area (Å²) in [5.41, 5.74) is 4.61. The Morgan fingerprint density at radius 1 is 1.00 bits per heavy atom. The smallest absolute Gasteiger partial charge is 0.319 e. The Bertz CT molecular complexity index is 1090. The van der Waals surface area contributed by atoms with E-state index in [9.17, 15) is 4.79 Å². The van der Waals surface area contributed by atoms with Crippen LogP contribution in [-0.4, -0.2) is 60.0 Å². The third-order valence-corrected chi connectivity index (χ3v) is 5.08. The Hall–Kier alpha value is -3.45. The van der Waals surface area contributed by atoms with E-state index in [0.717, 1.165) is 28.8 Å². The zero-order valence-corrected chi connectivity index (χ0v) is 20.3. The van der Waals surface area contributed by atoms with Gasteiger partial charge in [-0.1, -0.05) is 47.5 Å². The predicted molar refractivity (Wildman–Crippen MR) is 129 cm³/mol. The van der Waals surface area contributed by atoms with Gasteiger partial charge in [0.05, 0.1) is 6.20 Å². The number of ether oxygens (including phenoxy) is 2. The van der Waals surface area contributed by atoms with E-state index in [1.807, 2.05) is 50.2 Å². The second-order valence-electron chi connectivity index (χ2n) is 8.55. The molecule has 0 aliphatic carbocycles. The van der Waals surface area contributed by atoms with Crippen molar-refractivity contribution in [1.29, 1.82) is 0 Å². The molecular formula is C26H32N4O3. The average molecular weight is 449 g/mol. The number of carbonyl (C=O) groups excluding carboxylic acids is 1. The highest BCUT2D eigenvalue weighted by Gasteiger charge is 2.22. The van der Waals surface area contributed by atoms with Crippen molar-refractivity contribution in [3.63, 3.8) is 0 Å². The molecule has 1 amide bonds. The Morgan fingerprint density at radius 2 is 1.70 bits per heavy atom. The number of carbonyl (C=O) groups is 1. The second-order valence-corrected chi connectivity index (χ2v) is 8.55. The molecule has 0 atom stereocenters. The van der Waals surface area contributed by atoms with Crippen molar-refractivity contribution < 1.29 is 14.3 Å². The van der Waals surface area contributed by atoms with Gasteiger partial charge in [-0.15, -0.1) is 0 Å². The lowest BCUT2D eigenvalue weighted by Gasteiger charge is -2.20. The SMILES string of the molecule is Cc1cc(C)cc(CN(C)C(=O)c2cnc(OCCN(C)C)nc2Oc2ccccc2C)c1. The van der Waals surface area contributed by atoms with E-state index in [0.29, 0.717) is 18.9 Å². The average Bonchev–Trinajstić information content (AvgIpc) is 2.74. The fourth-order valence-electron chi connectivity index (χ4n) is 3.45. The number of likely N-dealkylation sites (N-methyl/N-ethyl adjacent to an activating group) is 1. The first kappa shape index (κ1) is 24.2. The van der Waals surface area contributed by atoms with Gasteiger partial charge >= 0.3 is 6.01 Å². The van der Waals surface area contributed by atoms with Gasteiger partial charge in [0.15, 0.2) is 0 Å². The highest BCUT2D eigenvalue weighted by molar-refractivity contribution is 5.96. The monoisotopic (exact) mass is 448 g/mol. The number of para-hydroxylation sites is 1. The van der Waals surface area contributed by atoms with Crippen molar-refractivity contribution in [2.24, 2.45) is 0 Å². The Balaban J connectivity index is 1.87. The van der Waals surface area contributed by atoms with Gasteiger partial charge in [-0.3, -0.25) is 4.79 Å². The molecule has 1 aromatic heterocycles. The molecule has 0 radical (unpaired) electrons. The highest BCUT2D eigenvalue weighted by Crippen LogP contribution is 2.28. The number of amides is 1. The van der Waals surface area contributed by atoms with Crippen LogP contribution < -0.4 is 9.47 Å². The van der Waals surface area contributed by atoms with Gasteiger partial charge in [-0.25, -0.2) is 4.98 Å². The molecule has 0 aliphatic rings. The van der Waals surface area contributed by atoms with Crippen molar-refractivity contribution in [1.82, 2.24) is 19.8 Å². The summed E-state index contributed by atoms with van der Waals surface area (Å²) < 4.78 is 11.8. The quantitative estimate of drug-likeness (QED) is 0.483. The molecule has 3 rings (SSSR count). The fourth-order valence-corrected chi connectivity index (χ4v) is 3.45. The van der Waals surface area contributed by atoms with Gasteiger partial charge in [-0.05, 0) is 52.1 Å². The van der Waals surface area contributed by atoms with Crippen LogP contribution in [-0.2, 0) is 6.54 Å². The summed E-state index contributed by atoms with van der Waals surface area (Å²) in [6.07, 6.45) is 1.48. The van der Waals surface area contributed by atoms with E-state index < -0.39 is 0 Å². The molecule has 0 N–H and O–H groups in total. The lowest BCUT2D eigenvalue weighted by Crippen LogP contribution is -2.27. The molecule has 0 saturated heterocycles. The molecule has 2 aromatic carbocycles. The molecule has 174 valence electrons. The second kappa shape index (κ2) is 10.9. The summed E-state index contributed by atoms with van der Waals surface area (Å²) in [4.78, 5) is 25.7. The van der Waals surface area contributed by atoms with Crippen molar-refractivity contribution >= 4 is 5.91 Å². The number of benzene rings is 2. The third-order valence-electron chi connectivity index (χ3n) is 5.08. The van der Waals surface area contributed by atoms with Gasteiger partial charge < -0.3 is 19.3 Å². The number of nitrogens with zero attached hydrogens (tertiary/aromatic N) is 4. The van der Waals surface area contributed by atoms with E-state index >= 15 is 0 Å². The van der Waals surface area contributed by atoms with Crippen LogP contribution in [0.25, 0.3) is 0 Å². The van der Waals surface area contributed by atoms with Crippen LogP contribution in [0.5, 0.6) is 17.6 Å². The van der Waals surface area contributed by atoms with Gasteiger partial charge in [-0.2, -0.15) is 4.98 Å². The minimum atomic E-state index is -0.224. The van der Waals surface area contributed by atoms with E-state index in [-0.39, 0.29) is 23.4 Å². The van der Waals surface area contributed by atoms with Crippen LogP contribution >= 0.6 is 0 Å². The van der Waals surface area contributed by atoms with E-state index in [4.69, 9.17) is 9.47 Å². The summed E-state index contributed by atoms with van der Waals surface area (Å²) in [5.74, 6) is 0.579. The summed E-state index contributed by atoms with van der Waals surface area (Å²) in [6, 6.07) is 14.1. The van der Waals surface area contributed by atoms with Crippen molar-refractivity contribution in [2.75, 3.05) is 34.3 Å². The van der Waals surface area contributed by atoms with Crippen LogP contribution in [0.15, 0.2) is 48.7 Å². The van der Waals surface area contributed by atoms with Gasteiger partial charge in [0, 0.05) is 20.1 Å². The van der Waals surface area contributed by atoms with E-state index in [2.05, 4.69) is 42.0 Å². The highest BCUT2D eigenvalue weighted by atomic mass is 16.5. The molecular weight excluding hydrogens is 416 g/mol. The number of rotatable bonds is 9. The van der Waals surface area contributed by atoms with Gasteiger partial charge in [0.1, 0.15) is 17.9 Å². The minimum Gasteiger partial charge on any atom is -0.462 e. The maximum Gasteiger partial charge on any atom is 0.319 e. The zero-order valence-electron chi connectivity index (χ0n) is 20.3. The molecule has 1 heterocycles. The Kier molecular flexibility index (Phi) is 8.01. The standard InChI is InChI=1S/C26H32N4O3/c1-18-13-19(2)15-21(14-18)17-30(6)25(31)22-16-27-26(32-12-11-29(4)5)28-24(22)33-23-10-8-7-9-20(23)3/h7-10,13-16H,11-12,17H2,1-6H3. The summed E-state index contributed by atoms with van der Waals surface area (Å²) in [7, 11) is 5.69. The van der Waals surface area contributed by atoms with Crippen molar-refractivity contribution in [3.05, 3.63) is 76.5 Å². The molecule has 3 aromatic rings. The van der Waals surface area contributed by atoms with Crippen LogP contribution in [0.1, 0.15) is 32.6 Å². The number of hydrogen-bond donors (Lipinski definition) is 0. The molecule has 0 unspecified atom stereocenters.